The molecule has 8 heteroatoms. The van der Waals surface area contributed by atoms with Gasteiger partial charge in [0.1, 0.15) is 5.82 Å². The molecule has 0 radical (unpaired) electrons. The van der Waals surface area contributed by atoms with Crippen molar-refractivity contribution < 1.29 is 9.59 Å². The molecule has 1 fully saturated rings. The van der Waals surface area contributed by atoms with Crippen molar-refractivity contribution in [2.45, 2.75) is 45.3 Å². The predicted molar refractivity (Wildman–Crippen MR) is 135 cm³/mol. The number of nitriles is 1. The first-order chi connectivity index (χ1) is 16.8. The molecule has 5 N–H and O–H groups in total. The van der Waals surface area contributed by atoms with Crippen LogP contribution in [0.2, 0.25) is 0 Å². The predicted octanol–water partition coefficient (Wildman–Crippen LogP) is 2.42. The number of aromatic nitrogens is 1. The maximum absolute atomic E-state index is 13.0. The highest BCUT2D eigenvalue weighted by atomic mass is 16.2. The second kappa shape index (κ2) is 10.1. The number of rotatable bonds is 7. The summed E-state index contributed by atoms with van der Waals surface area (Å²) < 4.78 is 0. The summed E-state index contributed by atoms with van der Waals surface area (Å²) in [7, 11) is 0. The van der Waals surface area contributed by atoms with Crippen molar-refractivity contribution in [3.05, 3.63) is 70.9 Å². The highest BCUT2D eigenvalue weighted by Gasteiger charge is 2.40. The fourth-order valence-electron chi connectivity index (χ4n) is 5.03. The zero-order valence-corrected chi connectivity index (χ0v) is 20.0. The molecule has 1 aliphatic rings. The van der Waals surface area contributed by atoms with E-state index in [1.54, 1.807) is 13.0 Å². The molecule has 180 valence electrons. The highest BCUT2D eigenvalue weighted by molar-refractivity contribution is 5.90. The van der Waals surface area contributed by atoms with Gasteiger partial charge in [0.05, 0.1) is 23.7 Å². The molecule has 2 unspecified atom stereocenters. The maximum Gasteiger partial charge on any atom is 0.237 e. The van der Waals surface area contributed by atoms with Crippen LogP contribution in [0.1, 0.15) is 35.7 Å². The average Bonchev–Trinajstić information content (AvgIpc) is 3.27. The van der Waals surface area contributed by atoms with Crippen molar-refractivity contribution in [3.8, 4) is 6.07 Å². The Balaban J connectivity index is 1.47. The van der Waals surface area contributed by atoms with Crippen LogP contribution >= 0.6 is 0 Å². The highest BCUT2D eigenvalue weighted by Crippen LogP contribution is 2.31. The van der Waals surface area contributed by atoms with E-state index in [0.717, 1.165) is 34.0 Å². The summed E-state index contributed by atoms with van der Waals surface area (Å²) in [4.78, 5) is 31.4. The van der Waals surface area contributed by atoms with Crippen LogP contribution in [-0.4, -0.2) is 40.3 Å². The summed E-state index contributed by atoms with van der Waals surface area (Å²) in [6.45, 7) is 4.57. The summed E-state index contributed by atoms with van der Waals surface area (Å²) in [6.07, 6.45) is 1.32. The zero-order valence-electron chi connectivity index (χ0n) is 20.0. The number of carbonyl (C=O) groups is 2. The second-order valence-corrected chi connectivity index (χ2v) is 9.22. The Hall–Kier alpha value is -3.96. The minimum atomic E-state index is -0.516. The van der Waals surface area contributed by atoms with E-state index >= 15 is 0 Å². The molecule has 0 aliphatic carbocycles. The molecule has 8 nitrogen and oxygen atoms in total. The molecule has 4 rings (SSSR count). The van der Waals surface area contributed by atoms with Crippen LogP contribution in [0.5, 0.6) is 0 Å². The van der Waals surface area contributed by atoms with Crippen molar-refractivity contribution in [1.82, 2.24) is 15.2 Å². The van der Waals surface area contributed by atoms with Crippen LogP contribution in [0.3, 0.4) is 0 Å². The first-order valence-corrected chi connectivity index (χ1v) is 11.7. The van der Waals surface area contributed by atoms with E-state index in [4.69, 9.17) is 11.5 Å². The fourth-order valence-corrected chi connectivity index (χ4v) is 5.03. The van der Waals surface area contributed by atoms with Gasteiger partial charge >= 0.3 is 0 Å². The molecule has 35 heavy (non-hydrogen) atoms. The molecule has 0 bridgehead atoms. The quantitative estimate of drug-likeness (QED) is 0.485. The number of carbonyl (C=O) groups excluding carboxylic acids is 2. The number of aryl methyl sites for hydroxylation is 1. The summed E-state index contributed by atoms with van der Waals surface area (Å²) in [5.41, 5.74) is 14.9. The first-order valence-electron chi connectivity index (χ1n) is 11.7. The van der Waals surface area contributed by atoms with Crippen LogP contribution in [0.25, 0.3) is 10.8 Å². The normalized spacial score (nSPS) is 18.8. The van der Waals surface area contributed by atoms with Crippen LogP contribution in [0.15, 0.2) is 48.5 Å². The number of nitrogen functional groups attached to an aromatic ring is 1. The van der Waals surface area contributed by atoms with Crippen molar-refractivity contribution in [2.75, 3.05) is 12.3 Å². The molecule has 3 aromatic rings. The third-order valence-electron chi connectivity index (χ3n) is 6.94. The van der Waals surface area contributed by atoms with E-state index in [1.165, 1.54) is 0 Å². The number of nitrogens with two attached hydrogens (primary N) is 2. The second-order valence-electron chi connectivity index (χ2n) is 9.22. The molecular weight excluding hydrogens is 440 g/mol. The number of nitrogens with one attached hydrogen (secondary N) is 1. The van der Waals surface area contributed by atoms with Crippen molar-refractivity contribution in [3.63, 3.8) is 0 Å². The lowest BCUT2D eigenvalue weighted by molar-refractivity contribution is -0.129. The number of nitrogens with zero attached hydrogens (tertiary/aromatic N) is 3. The van der Waals surface area contributed by atoms with Crippen molar-refractivity contribution in [2.24, 2.45) is 11.7 Å². The number of likely N-dealkylation sites (tertiary alicyclic amines) is 1. The van der Waals surface area contributed by atoms with E-state index in [-0.39, 0.29) is 11.8 Å². The number of pyridine rings is 1. The van der Waals surface area contributed by atoms with Crippen LogP contribution < -0.4 is 16.8 Å². The van der Waals surface area contributed by atoms with Crippen LogP contribution in [-0.2, 0) is 22.6 Å². The van der Waals surface area contributed by atoms with Gasteiger partial charge in [0.2, 0.25) is 11.8 Å². The number of primary amides is 1. The van der Waals surface area contributed by atoms with Crippen LogP contribution in [0.4, 0.5) is 5.82 Å². The molecule has 2 aromatic carbocycles. The van der Waals surface area contributed by atoms with E-state index in [2.05, 4.69) is 16.4 Å². The minimum absolute atomic E-state index is 0.155. The monoisotopic (exact) mass is 470 g/mol. The zero-order chi connectivity index (χ0) is 25.1. The maximum atomic E-state index is 13.0. The summed E-state index contributed by atoms with van der Waals surface area (Å²) >= 11 is 0. The third kappa shape index (κ3) is 5.10. The Kier molecular flexibility index (Phi) is 6.99. The van der Waals surface area contributed by atoms with Gasteiger partial charge in [0.15, 0.2) is 0 Å². The van der Waals surface area contributed by atoms with Gasteiger partial charge in [0, 0.05) is 18.8 Å². The number of hydrogen-bond acceptors (Lipinski definition) is 6. The molecule has 1 aliphatic heterocycles. The Bertz CT molecular complexity index is 1310. The number of benzene rings is 2. The molecular formula is C27H30N6O2. The Morgan fingerprint density at radius 2 is 1.89 bits per heavy atom. The molecule has 0 saturated carbocycles. The van der Waals surface area contributed by atoms with E-state index in [0.29, 0.717) is 30.9 Å². The van der Waals surface area contributed by atoms with Gasteiger partial charge in [-0.25, -0.2) is 4.98 Å². The lowest BCUT2D eigenvalue weighted by Crippen LogP contribution is -2.51. The molecule has 1 aromatic heterocycles. The fraction of sp³-hybridized carbons (Fsp3) is 0.333. The van der Waals surface area contributed by atoms with Gasteiger partial charge < -0.3 is 16.8 Å². The average molecular weight is 471 g/mol. The minimum Gasteiger partial charge on any atom is -0.384 e. The van der Waals surface area contributed by atoms with Crippen LogP contribution in [0, 0.1) is 24.2 Å². The molecule has 2 amide bonds. The topological polar surface area (TPSA) is 138 Å². The first kappa shape index (κ1) is 24.2. The van der Waals surface area contributed by atoms with Crippen molar-refractivity contribution in [1.29, 1.82) is 5.26 Å². The standard InChI is InChI=1S/C27H30N6O2/c1-16-21(9-10-25(29)32-16)14-31-27(35)17(2)33-15-18(12-24(33)26(30)34)11-19-7-8-20(13-28)23-6-4-3-5-22(19)23/h3-10,17-18,24H,11-12,14-15H2,1-2H3,(H2,29,32)(H2,30,34)(H,31,35)/t17-,18?,24?/m0/s1. The summed E-state index contributed by atoms with van der Waals surface area (Å²) in [5, 5.41) is 14.4. The van der Waals surface area contributed by atoms with Gasteiger partial charge in [-0.05, 0) is 66.6 Å². The number of fused-ring (bicyclic) bond motifs is 1. The van der Waals surface area contributed by atoms with Gasteiger partial charge in [0.25, 0.3) is 0 Å². The third-order valence-corrected chi connectivity index (χ3v) is 6.94. The van der Waals surface area contributed by atoms with E-state index in [1.807, 2.05) is 54.3 Å². The lowest BCUT2D eigenvalue weighted by atomic mass is 9.91. The number of amides is 2. The SMILES string of the molecule is Cc1nc(N)ccc1CNC(=O)[C@H](C)N1CC(Cc2ccc(C#N)c3ccccc23)CC1C(N)=O. The molecule has 1 saturated heterocycles. The number of hydrogen-bond donors (Lipinski definition) is 3. The smallest absolute Gasteiger partial charge is 0.237 e. The Morgan fingerprint density at radius 3 is 2.57 bits per heavy atom. The van der Waals surface area contributed by atoms with Gasteiger partial charge in [-0.2, -0.15) is 5.26 Å². The van der Waals surface area contributed by atoms with E-state index < -0.39 is 18.0 Å². The lowest BCUT2D eigenvalue weighted by Gasteiger charge is -2.28. The summed E-state index contributed by atoms with van der Waals surface area (Å²) in [5.74, 6) is 0.00314. The molecule has 0 spiro atoms. The van der Waals surface area contributed by atoms with E-state index in [9.17, 15) is 14.9 Å². The van der Waals surface area contributed by atoms with Crippen molar-refractivity contribution >= 4 is 28.4 Å². The molecule has 2 heterocycles. The van der Waals surface area contributed by atoms with Gasteiger partial charge in [-0.1, -0.05) is 36.4 Å². The van der Waals surface area contributed by atoms with Gasteiger partial charge in [-0.15, -0.1) is 0 Å². The summed E-state index contributed by atoms with van der Waals surface area (Å²) in [6, 6.07) is 16.5. The largest absolute Gasteiger partial charge is 0.384 e. The Labute approximate surface area is 204 Å². The molecule has 3 atom stereocenters. The Morgan fingerprint density at radius 1 is 1.17 bits per heavy atom. The van der Waals surface area contributed by atoms with Gasteiger partial charge in [-0.3, -0.25) is 14.5 Å². The number of anilines is 1.